The number of carboxylic acids is 4. The van der Waals surface area contributed by atoms with E-state index in [9.17, 15) is 56.4 Å². The van der Waals surface area contributed by atoms with Crippen molar-refractivity contribution in [1.29, 1.82) is 0 Å². The van der Waals surface area contributed by atoms with Crippen molar-refractivity contribution < 1.29 is 76.2 Å². The fourth-order valence-corrected chi connectivity index (χ4v) is 6.05. The first-order valence-electron chi connectivity index (χ1n) is 15.6. The van der Waals surface area contributed by atoms with Gasteiger partial charge >= 0.3 is 36.2 Å². The van der Waals surface area contributed by atoms with Crippen molar-refractivity contribution in [2.45, 2.75) is 12.4 Å². The van der Waals surface area contributed by atoms with Gasteiger partial charge in [-0.05, 0) is 36.4 Å². The number of hydrogen-bond donors (Lipinski definition) is 10. The summed E-state index contributed by atoms with van der Waals surface area (Å²) in [6, 6.07) is 8.10. The van der Waals surface area contributed by atoms with Crippen molar-refractivity contribution >= 4 is 81.0 Å². The van der Waals surface area contributed by atoms with Gasteiger partial charge in [0, 0.05) is 50.0 Å². The molecule has 0 fully saturated rings. The molecule has 16 nitrogen and oxygen atoms in total. The van der Waals surface area contributed by atoms with Gasteiger partial charge in [-0.2, -0.15) is 26.3 Å². The van der Waals surface area contributed by atoms with Crippen LogP contribution < -0.4 is 21.3 Å². The molecule has 2 aromatic heterocycles. The second kappa shape index (κ2) is 22.4. The molecule has 0 unspecified atom stereocenters. The molecule has 0 bridgehead atoms. The number of aliphatic carboxylic acids is 2. The number of carbonyl (C=O) groups is 4. The lowest BCUT2D eigenvalue weighted by Crippen LogP contribution is -2.37. The van der Waals surface area contributed by atoms with Crippen molar-refractivity contribution in [1.82, 2.24) is 31.2 Å². The van der Waals surface area contributed by atoms with Gasteiger partial charge in [-0.3, -0.25) is 0 Å². The summed E-state index contributed by atoms with van der Waals surface area (Å²) in [7, 11) is 0. The molecule has 0 radical (unpaired) electrons. The first-order valence-corrected chi connectivity index (χ1v) is 18.2. The summed E-state index contributed by atoms with van der Waals surface area (Å²) in [4.78, 5) is 50.1. The maximum absolute atomic E-state index is 11.2. The van der Waals surface area contributed by atoms with Crippen molar-refractivity contribution in [3.05, 3.63) is 69.7 Å². The molecular weight excluding hydrogens is 871 g/mol. The molecule has 314 valence electrons. The average molecular weight is 901 g/mol. The number of nitrogens with zero attached hydrogens (tertiary/aromatic N) is 2. The van der Waals surface area contributed by atoms with E-state index in [1.54, 1.807) is 10.8 Å². The number of hydrogen-bond acceptors (Lipinski definition) is 14. The van der Waals surface area contributed by atoms with Crippen LogP contribution >= 0.6 is 47.1 Å². The molecule has 58 heavy (non-hydrogen) atoms. The van der Waals surface area contributed by atoms with Crippen LogP contribution in [0.15, 0.2) is 47.2 Å². The van der Waals surface area contributed by atoms with Crippen molar-refractivity contribution in [3.8, 4) is 32.6 Å². The summed E-state index contributed by atoms with van der Waals surface area (Å²) in [6.07, 6.45) is -10.2. The zero-order valence-corrected chi connectivity index (χ0v) is 32.2. The van der Waals surface area contributed by atoms with Crippen LogP contribution in [0, 0.1) is 0 Å². The minimum Gasteiger partial charge on any atom is -0.507 e. The molecule has 10 N–H and O–H groups in total. The number of carboxylic acid groups (broad SMARTS) is 4. The monoisotopic (exact) mass is 900 g/mol. The Labute approximate surface area is 341 Å². The number of aromatic carboxylic acids is 2. The summed E-state index contributed by atoms with van der Waals surface area (Å²) >= 11 is 13.4. The van der Waals surface area contributed by atoms with Gasteiger partial charge in [-0.25, -0.2) is 29.1 Å². The third-order valence-electron chi connectivity index (χ3n) is 6.56. The maximum Gasteiger partial charge on any atom is 0.490 e. The zero-order valence-electron chi connectivity index (χ0n) is 29.0. The van der Waals surface area contributed by atoms with Crippen LogP contribution in [0.1, 0.15) is 32.1 Å². The molecule has 0 amide bonds. The Morgan fingerprint density at radius 3 is 1.19 bits per heavy atom. The highest BCUT2D eigenvalue weighted by molar-refractivity contribution is 7.81. The van der Waals surface area contributed by atoms with Crippen LogP contribution in [-0.4, -0.2) is 126 Å². The lowest BCUT2D eigenvalue weighted by atomic mass is 10.1. The van der Waals surface area contributed by atoms with E-state index in [0.717, 1.165) is 13.1 Å². The number of halogens is 6. The highest BCUT2D eigenvalue weighted by Gasteiger charge is 2.39. The van der Waals surface area contributed by atoms with E-state index in [2.05, 4.69) is 31.2 Å². The SMILES string of the molecule is O=C(O)C(F)(F)F.O=C(O)C(F)(F)F.O=C(O)c1ccc(O)c(-c2nc(C(=S)NCCNCCNCCNC(=S)c3csc(-c4cc(C(=O)O)ccc4O)n3)cs2)c1. The molecule has 0 aliphatic rings. The first-order chi connectivity index (χ1) is 27.0. The number of nitrogens with one attached hydrogen (secondary N) is 4. The quantitative estimate of drug-likeness (QED) is 0.0450. The molecule has 0 spiro atoms. The van der Waals surface area contributed by atoms with Crippen LogP contribution in [-0.2, 0) is 9.59 Å². The van der Waals surface area contributed by atoms with Crippen LogP contribution in [0.4, 0.5) is 26.3 Å². The molecule has 2 heterocycles. The topological polar surface area (TPSA) is 264 Å². The Morgan fingerprint density at radius 2 is 0.897 bits per heavy atom. The molecule has 2 aromatic carbocycles. The van der Waals surface area contributed by atoms with E-state index in [1.807, 2.05) is 0 Å². The number of thiazole rings is 2. The summed E-state index contributed by atoms with van der Waals surface area (Å²) in [6.45, 7) is 3.95. The van der Waals surface area contributed by atoms with Crippen molar-refractivity contribution in [2.24, 2.45) is 0 Å². The van der Waals surface area contributed by atoms with Gasteiger partial charge in [0.2, 0.25) is 0 Å². The van der Waals surface area contributed by atoms with Crippen LogP contribution in [0.25, 0.3) is 21.1 Å². The van der Waals surface area contributed by atoms with Crippen LogP contribution in [0.5, 0.6) is 11.5 Å². The zero-order chi connectivity index (χ0) is 43.8. The Hall–Kier alpha value is -5.54. The lowest BCUT2D eigenvalue weighted by molar-refractivity contribution is -0.193. The van der Waals surface area contributed by atoms with Crippen molar-refractivity contribution in [2.75, 3.05) is 39.3 Å². The number of alkyl halides is 6. The Morgan fingerprint density at radius 1 is 0.586 bits per heavy atom. The van der Waals surface area contributed by atoms with Crippen LogP contribution in [0.3, 0.4) is 0 Å². The largest absolute Gasteiger partial charge is 0.507 e. The number of benzene rings is 2. The second-order valence-corrected chi connectivity index (χ2v) is 13.3. The molecule has 0 saturated carbocycles. The lowest BCUT2D eigenvalue weighted by Gasteiger charge is -2.09. The van der Waals surface area contributed by atoms with Gasteiger partial charge in [0.1, 0.15) is 42.9 Å². The number of thiocarbonyl (C=S) groups is 2. The van der Waals surface area contributed by atoms with Gasteiger partial charge in [-0.15, -0.1) is 22.7 Å². The average Bonchev–Trinajstić information content (AvgIpc) is 3.83. The third kappa shape index (κ3) is 16.1. The van der Waals surface area contributed by atoms with E-state index in [0.29, 0.717) is 68.7 Å². The Balaban J connectivity index is 0.000000707. The van der Waals surface area contributed by atoms with Crippen molar-refractivity contribution in [3.63, 3.8) is 0 Å². The number of aromatic hydroxyl groups is 2. The minimum absolute atomic E-state index is 0.0520. The van der Waals surface area contributed by atoms with E-state index >= 15 is 0 Å². The molecule has 0 saturated heterocycles. The summed E-state index contributed by atoms with van der Waals surface area (Å²) in [5.41, 5.74) is 1.90. The molecule has 4 rings (SSSR count). The number of phenols is 2. The van der Waals surface area contributed by atoms with E-state index < -0.39 is 36.2 Å². The van der Waals surface area contributed by atoms with Gasteiger partial charge in [0.05, 0.1) is 22.3 Å². The fourth-order valence-electron chi connectivity index (χ4n) is 3.82. The van der Waals surface area contributed by atoms with Crippen LogP contribution in [0.2, 0.25) is 0 Å². The molecule has 0 aliphatic heterocycles. The first kappa shape index (κ1) is 48.6. The summed E-state index contributed by atoms with van der Waals surface area (Å²) in [5.74, 6) is -7.79. The van der Waals surface area contributed by atoms with E-state index in [-0.39, 0.29) is 22.6 Å². The Bertz CT molecular complexity index is 1950. The molecular formula is C32H30F6N6O10S4. The maximum atomic E-state index is 11.2. The highest BCUT2D eigenvalue weighted by atomic mass is 32.1. The third-order valence-corrected chi connectivity index (χ3v) is 9.02. The van der Waals surface area contributed by atoms with Gasteiger partial charge < -0.3 is 51.9 Å². The highest BCUT2D eigenvalue weighted by Crippen LogP contribution is 2.33. The normalized spacial score (nSPS) is 10.9. The minimum atomic E-state index is -5.08. The van der Waals surface area contributed by atoms with Gasteiger partial charge in [0.25, 0.3) is 0 Å². The molecule has 0 aliphatic carbocycles. The Kier molecular flexibility index (Phi) is 18.8. The second-order valence-electron chi connectivity index (χ2n) is 10.8. The standard InChI is InChI=1S/C28H28N6O6S4.2C2HF3O2/c35-21-3-1-15(27(37)38)11-17(21)25-33-19(13-43-25)23(41)31-9-7-29-5-6-30-8-10-32-24(42)20-14-44-26(34-20)18-12-16(28(39)40)2-4-22(18)36;2*3-2(4,5)1(6)7/h1-4,11-14,29-30,35-36H,5-10H2,(H,31,41)(H,32,42)(H,37,38)(H,39,40);2*(H,6,7). The predicted molar refractivity (Wildman–Crippen MR) is 205 cm³/mol. The predicted octanol–water partition coefficient (Wildman–Crippen LogP) is 4.42. The molecule has 26 heteroatoms. The van der Waals surface area contributed by atoms with Gasteiger partial charge in [-0.1, -0.05) is 24.4 Å². The number of rotatable bonds is 15. The molecule has 0 atom stereocenters. The van der Waals surface area contributed by atoms with Gasteiger partial charge in [0.15, 0.2) is 0 Å². The van der Waals surface area contributed by atoms with E-state index in [4.69, 9.17) is 44.2 Å². The number of phenolic OH excluding ortho intramolecular Hbond substituents is 2. The fraction of sp³-hybridized carbons (Fsp3) is 0.250. The molecule has 4 aromatic rings. The van der Waals surface area contributed by atoms with E-state index in [1.165, 1.54) is 59.1 Å². The summed E-state index contributed by atoms with van der Waals surface area (Å²) in [5, 5.41) is 70.2. The number of aromatic nitrogens is 2. The summed E-state index contributed by atoms with van der Waals surface area (Å²) < 4.78 is 63.5. The smallest absolute Gasteiger partial charge is 0.490 e.